The largest absolute Gasteiger partial charge is 0.300 e. The van der Waals surface area contributed by atoms with E-state index in [9.17, 15) is 9.59 Å². The molecule has 0 saturated carbocycles. The van der Waals surface area contributed by atoms with Crippen LogP contribution in [0.15, 0.2) is 0 Å². The molecule has 0 spiro atoms. The van der Waals surface area contributed by atoms with Gasteiger partial charge in [-0.3, -0.25) is 9.59 Å². The Bertz CT molecular complexity index is 262. The number of carbonyl (C=O) groups is 2. The second-order valence-electron chi connectivity index (χ2n) is 4.31. The summed E-state index contributed by atoms with van der Waals surface area (Å²) in [5.41, 5.74) is 0. The van der Waals surface area contributed by atoms with Crippen LogP contribution in [0.25, 0.3) is 0 Å². The predicted molar refractivity (Wildman–Crippen MR) is 118 cm³/mol. The Labute approximate surface area is 165 Å². The maximum absolute atomic E-state index is 10.6. The van der Waals surface area contributed by atoms with E-state index in [1.165, 1.54) is 12.2 Å². The van der Waals surface area contributed by atoms with E-state index in [1.807, 2.05) is 21.6 Å². The number of Topliss-reactive ketones (excluding diaryl/α,β-unsaturated/α-hetero) is 2. The lowest BCUT2D eigenvalue weighted by atomic mass is 10.2. The van der Waals surface area contributed by atoms with E-state index in [1.54, 1.807) is 13.8 Å². The van der Waals surface area contributed by atoms with Crippen LogP contribution in [-0.4, -0.2) is 33.6 Å². The summed E-state index contributed by atoms with van der Waals surface area (Å²) in [5.74, 6) is 2.57. The third kappa shape index (κ3) is 18.2. The summed E-state index contributed by atoms with van der Waals surface area (Å²) in [4.78, 5) is 21.0. The highest BCUT2D eigenvalue weighted by Crippen LogP contribution is 2.39. The highest BCUT2D eigenvalue weighted by molar-refractivity contribution is 15.0. The molecule has 1 rings (SSSR count). The number of hydrogen-bond donors (Lipinski definition) is 2. The molecule has 2 unspecified atom stereocenters. The number of ketones is 2. The van der Waals surface area contributed by atoms with Crippen LogP contribution in [-0.2, 0) is 9.59 Å². The van der Waals surface area contributed by atoms with Gasteiger partial charge in [0.05, 0.1) is 0 Å². The van der Waals surface area contributed by atoms with Crippen molar-refractivity contribution in [3.63, 3.8) is 0 Å². The number of thiol groups is 2. The average Bonchev–Trinajstić information content (AvgIpc) is 2.83. The van der Waals surface area contributed by atoms with Gasteiger partial charge >= 0.3 is 0 Å². The summed E-state index contributed by atoms with van der Waals surface area (Å²) in [5, 5.41) is 0.826. The van der Waals surface area contributed by atoms with Gasteiger partial charge in [-0.25, -0.2) is 0 Å². The smallest absolute Gasteiger partial charge is 0.130 e. The van der Waals surface area contributed by atoms with Crippen LogP contribution in [0.4, 0.5) is 0 Å². The minimum Gasteiger partial charge on any atom is -0.300 e. The first-order chi connectivity index (χ1) is 9.45. The van der Waals surface area contributed by atoms with E-state index in [0.717, 1.165) is 18.6 Å². The van der Waals surface area contributed by atoms with E-state index in [4.69, 9.17) is 0 Å². The molecular weight excluding hydrogens is 558 g/mol. The fraction of sp³-hybridized carbons (Fsp3) is 0.833. The van der Waals surface area contributed by atoms with Gasteiger partial charge in [-0.05, 0) is 32.4 Å². The molecule has 20 heavy (non-hydrogen) atoms. The lowest BCUT2D eigenvalue weighted by Crippen LogP contribution is -2.05. The molecule has 1 fully saturated rings. The Morgan fingerprint density at radius 2 is 1.90 bits per heavy atom. The lowest BCUT2D eigenvalue weighted by Gasteiger charge is -2.03. The number of hydrogen-bond acceptors (Lipinski definition) is 6. The molecule has 120 valence electrons. The summed E-state index contributed by atoms with van der Waals surface area (Å²) in [6.45, 7) is 3.26. The monoisotopic (exact) mass is 580 g/mol. The van der Waals surface area contributed by atoms with E-state index >= 15 is 0 Å². The normalized spacial score (nSPS) is 18.2. The van der Waals surface area contributed by atoms with E-state index in [2.05, 4.69) is 62.5 Å². The van der Waals surface area contributed by atoms with E-state index < -0.39 is 0 Å². The van der Waals surface area contributed by atoms with E-state index in [-0.39, 0.29) is 11.0 Å². The Hall–Kier alpha value is 2.20. The first kappa shape index (κ1) is 24.5. The standard InChI is InChI=1S/C6H10OS2.C6H12OS2.I2/c1-5(7)4-6-2-3-8-9-6;1-5(7)4-6(9)2-3-8;1-2/h6H,2-4H2,1H3;6,8-9H,2-4H2,1H3;. The van der Waals surface area contributed by atoms with Crippen LogP contribution in [0.1, 0.15) is 39.5 Å². The highest BCUT2D eigenvalue weighted by atomic mass is 128. The van der Waals surface area contributed by atoms with Crippen LogP contribution in [0.3, 0.4) is 0 Å². The molecule has 2 atom stereocenters. The number of halogens is 2. The molecule has 0 aromatic heterocycles. The van der Waals surface area contributed by atoms with E-state index in [0.29, 0.717) is 17.5 Å². The minimum atomic E-state index is 0.205. The van der Waals surface area contributed by atoms with Crippen molar-refractivity contribution in [3.8, 4) is 0 Å². The Morgan fingerprint density at radius 1 is 1.30 bits per heavy atom. The lowest BCUT2D eigenvalue weighted by molar-refractivity contribution is -0.117. The van der Waals surface area contributed by atoms with Gasteiger partial charge in [-0.1, -0.05) is 21.6 Å². The van der Waals surface area contributed by atoms with Gasteiger partial charge < -0.3 is 0 Å². The number of carbonyl (C=O) groups excluding carboxylic acids is 2. The van der Waals surface area contributed by atoms with Crippen molar-refractivity contribution < 1.29 is 9.59 Å². The molecule has 1 aliphatic rings. The first-order valence-electron chi connectivity index (χ1n) is 6.16. The maximum atomic E-state index is 10.6. The van der Waals surface area contributed by atoms with Crippen molar-refractivity contribution in [1.29, 1.82) is 0 Å². The maximum Gasteiger partial charge on any atom is 0.130 e. The summed E-state index contributed by atoms with van der Waals surface area (Å²) < 4.78 is 0. The van der Waals surface area contributed by atoms with Gasteiger partial charge in [0.15, 0.2) is 0 Å². The van der Waals surface area contributed by atoms with Crippen LogP contribution in [0.5, 0.6) is 0 Å². The molecule has 1 saturated heterocycles. The van der Waals surface area contributed by atoms with Crippen molar-refractivity contribution in [2.45, 2.75) is 50.0 Å². The summed E-state index contributed by atoms with van der Waals surface area (Å²) in [6, 6.07) is 0. The summed E-state index contributed by atoms with van der Waals surface area (Å²) in [6.07, 6.45) is 3.47. The topological polar surface area (TPSA) is 34.1 Å². The third-order valence-electron chi connectivity index (χ3n) is 2.23. The Kier molecular flexibility index (Phi) is 21.5. The molecule has 1 heterocycles. The zero-order chi connectivity index (χ0) is 16.0. The molecule has 0 amide bonds. The van der Waals surface area contributed by atoms with Crippen molar-refractivity contribution in [2.24, 2.45) is 0 Å². The summed E-state index contributed by atoms with van der Waals surface area (Å²) >= 11 is 12.4. The van der Waals surface area contributed by atoms with Gasteiger partial charge in [0, 0.05) is 66.3 Å². The van der Waals surface area contributed by atoms with Gasteiger partial charge in [0.1, 0.15) is 11.6 Å². The second-order valence-corrected chi connectivity index (χ2v) is 8.27. The van der Waals surface area contributed by atoms with Gasteiger partial charge in [0.25, 0.3) is 0 Å². The van der Waals surface area contributed by atoms with Crippen LogP contribution in [0.2, 0.25) is 0 Å². The quantitative estimate of drug-likeness (QED) is 0.248. The zero-order valence-electron chi connectivity index (χ0n) is 11.7. The van der Waals surface area contributed by atoms with Gasteiger partial charge in [0.2, 0.25) is 0 Å². The second kappa shape index (κ2) is 17.6. The summed E-state index contributed by atoms with van der Waals surface area (Å²) in [7, 11) is 3.76. The third-order valence-corrected chi connectivity index (χ3v) is 5.86. The molecule has 0 aromatic rings. The molecule has 0 N–H and O–H groups in total. The predicted octanol–water partition coefficient (Wildman–Crippen LogP) is 5.47. The van der Waals surface area contributed by atoms with Gasteiger partial charge in [-0.15, -0.1) is 0 Å². The Morgan fingerprint density at radius 3 is 2.25 bits per heavy atom. The molecule has 2 nitrogen and oxygen atoms in total. The molecule has 0 bridgehead atoms. The molecule has 1 aliphatic heterocycles. The fourth-order valence-electron chi connectivity index (χ4n) is 1.41. The Balaban J connectivity index is 0. The molecule has 8 heteroatoms. The number of rotatable bonds is 6. The van der Waals surface area contributed by atoms with Gasteiger partial charge in [-0.2, -0.15) is 25.3 Å². The van der Waals surface area contributed by atoms with Crippen LogP contribution >= 0.6 is 84.1 Å². The highest BCUT2D eigenvalue weighted by Gasteiger charge is 2.17. The molecular formula is C12H22I2O2S4. The molecule has 0 aliphatic carbocycles. The molecule has 0 aromatic carbocycles. The van der Waals surface area contributed by atoms with Crippen molar-refractivity contribution in [2.75, 3.05) is 11.5 Å². The average molecular weight is 580 g/mol. The van der Waals surface area contributed by atoms with Crippen molar-refractivity contribution >= 4 is 95.6 Å². The molecule has 0 radical (unpaired) electrons. The minimum absolute atomic E-state index is 0.205. The fourth-order valence-corrected chi connectivity index (χ4v) is 5.30. The van der Waals surface area contributed by atoms with Crippen molar-refractivity contribution in [1.82, 2.24) is 0 Å². The first-order valence-corrected chi connectivity index (χ1v) is 16.0. The SMILES string of the molecule is CC(=O)CC(S)CCS.CC(=O)CC1CCSS1.II. The van der Waals surface area contributed by atoms with Crippen LogP contribution in [0, 0.1) is 0 Å². The van der Waals surface area contributed by atoms with Crippen LogP contribution < -0.4 is 0 Å². The zero-order valence-corrected chi connectivity index (χ0v) is 19.4. The van der Waals surface area contributed by atoms with Crippen molar-refractivity contribution in [3.05, 3.63) is 0 Å².